The van der Waals surface area contributed by atoms with Gasteiger partial charge in [0.2, 0.25) is 5.95 Å². The van der Waals surface area contributed by atoms with Gasteiger partial charge in [0.05, 0.1) is 17.7 Å². The summed E-state index contributed by atoms with van der Waals surface area (Å²) in [6, 6.07) is 8.15. The molecule has 0 saturated heterocycles. The summed E-state index contributed by atoms with van der Waals surface area (Å²) in [5.41, 5.74) is 4.25. The van der Waals surface area contributed by atoms with Gasteiger partial charge in [-0.3, -0.25) is 0 Å². The Bertz CT molecular complexity index is 1180. The van der Waals surface area contributed by atoms with Gasteiger partial charge >= 0.3 is 0 Å². The van der Waals surface area contributed by atoms with E-state index in [9.17, 15) is 10.5 Å². The van der Waals surface area contributed by atoms with E-state index in [1.807, 2.05) is 39.8 Å². The number of aryl methyl sites for hydroxylation is 4. The minimum Gasteiger partial charge on any atom is -0.383 e. The number of aromatic nitrogens is 5. The molecule has 3 heterocycles. The number of methoxy groups -OCH3 is 1. The molecule has 168 valence electrons. The maximum atomic E-state index is 9.60. The Hall–Kier alpha value is -3.25. The van der Waals surface area contributed by atoms with Crippen molar-refractivity contribution >= 4 is 29.5 Å². The van der Waals surface area contributed by atoms with Gasteiger partial charge in [-0.25, -0.2) is 9.97 Å². The van der Waals surface area contributed by atoms with Gasteiger partial charge in [-0.15, -0.1) is 0 Å². The molecule has 0 aromatic carbocycles. The van der Waals surface area contributed by atoms with Crippen molar-refractivity contribution in [3.05, 3.63) is 45.8 Å². The van der Waals surface area contributed by atoms with E-state index in [0.29, 0.717) is 50.6 Å². The van der Waals surface area contributed by atoms with Crippen molar-refractivity contribution in [3.63, 3.8) is 0 Å². The van der Waals surface area contributed by atoms with Gasteiger partial charge in [-0.2, -0.15) is 25.5 Å². The van der Waals surface area contributed by atoms with E-state index in [2.05, 4.69) is 42.4 Å². The molecule has 0 aliphatic rings. The highest BCUT2D eigenvalue weighted by Crippen LogP contribution is 2.33. The van der Waals surface area contributed by atoms with Crippen molar-refractivity contribution in [2.24, 2.45) is 0 Å². The Morgan fingerprint density at radius 3 is 1.73 bits per heavy atom. The molecule has 11 heteroatoms. The van der Waals surface area contributed by atoms with Crippen LogP contribution < -0.4 is 5.32 Å². The summed E-state index contributed by atoms with van der Waals surface area (Å²) < 4.78 is 5.09. The fourth-order valence-electron chi connectivity index (χ4n) is 2.97. The first-order chi connectivity index (χ1) is 15.8. The number of nitriles is 2. The predicted molar refractivity (Wildman–Crippen MR) is 125 cm³/mol. The second-order valence-electron chi connectivity index (χ2n) is 7.09. The molecule has 1 N–H and O–H groups in total. The second-order valence-corrected chi connectivity index (χ2v) is 9.00. The Morgan fingerprint density at radius 1 is 0.818 bits per heavy atom. The summed E-state index contributed by atoms with van der Waals surface area (Å²) >= 11 is 2.39. The summed E-state index contributed by atoms with van der Waals surface area (Å²) in [5.74, 6) is 0.359. The average molecular weight is 479 g/mol. The minimum absolute atomic E-state index is 0.359. The van der Waals surface area contributed by atoms with E-state index in [4.69, 9.17) is 4.74 Å². The van der Waals surface area contributed by atoms with Crippen LogP contribution in [0.4, 0.5) is 5.95 Å². The van der Waals surface area contributed by atoms with Gasteiger partial charge in [0.1, 0.15) is 22.2 Å². The molecule has 3 aromatic heterocycles. The highest BCUT2D eigenvalue weighted by Gasteiger charge is 2.17. The highest BCUT2D eigenvalue weighted by atomic mass is 32.2. The van der Waals surface area contributed by atoms with Crippen LogP contribution in [0.25, 0.3) is 0 Å². The van der Waals surface area contributed by atoms with Gasteiger partial charge in [-0.05, 0) is 74.5 Å². The van der Waals surface area contributed by atoms with Gasteiger partial charge in [0.25, 0.3) is 0 Å². The van der Waals surface area contributed by atoms with Crippen LogP contribution in [0.5, 0.6) is 0 Å². The molecule has 0 aliphatic heterocycles. The third-order valence-corrected chi connectivity index (χ3v) is 6.11. The van der Waals surface area contributed by atoms with Crippen LogP contribution in [0.2, 0.25) is 0 Å². The molecule has 9 nitrogen and oxygen atoms in total. The lowest BCUT2D eigenvalue weighted by Gasteiger charge is -2.11. The molecule has 0 bridgehead atoms. The molecule has 0 spiro atoms. The first kappa shape index (κ1) is 24.4. The quantitative estimate of drug-likeness (QED) is 0.471. The third-order valence-electron chi connectivity index (χ3n) is 4.41. The lowest BCUT2D eigenvalue weighted by Crippen LogP contribution is -2.12. The van der Waals surface area contributed by atoms with Crippen molar-refractivity contribution in [1.82, 2.24) is 24.9 Å². The largest absolute Gasteiger partial charge is 0.383 e. The number of nitrogens with one attached hydrogen (secondary N) is 1. The SMILES string of the molecule is COCCNc1nc(Sc2nc(C)cc(C)c2C#N)nc(Sc2nc(C)cc(C)c2C#N)n1. The standard InChI is InChI=1S/C22H22N8OS2/c1-12-8-14(3)26-18(16(12)10-23)32-21-28-20(25-6-7-31-5)29-22(30-21)33-19-17(11-24)13(2)9-15(4)27-19/h8-9H,6-7H2,1-5H3,(H,25,28,29,30). The van der Waals surface area contributed by atoms with Crippen LogP contribution in [-0.4, -0.2) is 45.2 Å². The number of hydrogen-bond acceptors (Lipinski definition) is 11. The molecule has 0 atom stereocenters. The fraction of sp³-hybridized carbons (Fsp3) is 0.318. The molecule has 0 fully saturated rings. The van der Waals surface area contributed by atoms with Gasteiger partial charge in [0.15, 0.2) is 10.3 Å². The average Bonchev–Trinajstić information content (AvgIpc) is 2.73. The number of hydrogen-bond donors (Lipinski definition) is 1. The first-order valence-electron chi connectivity index (χ1n) is 9.95. The van der Waals surface area contributed by atoms with Crippen LogP contribution in [0.15, 0.2) is 32.5 Å². The molecular formula is C22H22N8OS2. The minimum atomic E-state index is 0.359. The smallest absolute Gasteiger partial charge is 0.227 e. The topological polar surface area (TPSA) is 133 Å². The van der Waals surface area contributed by atoms with E-state index in [1.165, 1.54) is 23.5 Å². The van der Waals surface area contributed by atoms with Crippen molar-refractivity contribution in [2.75, 3.05) is 25.6 Å². The number of anilines is 1. The Kier molecular flexibility index (Phi) is 8.17. The maximum Gasteiger partial charge on any atom is 0.227 e. The van der Waals surface area contributed by atoms with Crippen molar-refractivity contribution < 1.29 is 4.74 Å². The fourth-order valence-corrected chi connectivity index (χ4v) is 4.90. The normalized spacial score (nSPS) is 10.5. The van der Waals surface area contributed by atoms with Gasteiger partial charge < -0.3 is 10.1 Å². The van der Waals surface area contributed by atoms with E-state index in [1.54, 1.807) is 7.11 Å². The zero-order chi connectivity index (χ0) is 24.0. The maximum absolute atomic E-state index is 9.60. The molecule has 0 unspecified atom stereocenters. The molecule has 33 heavy (non-hydrogen) atoms. The van der Waals surface area contributed by atoms with Gasteiger partial charge in [-0.1, -0.05) is 0 Å². The number of rotatable bonds is 8. The second kappa shape index (κ2) is 11.1. The number of ether oxygens (including phenoxy) is 1. The summed E-state index contributed by atoms with van der Waals surface area (Å²) in [7, 11) is 1.61. The van der Waals surface area contributed by atoms with E-state index in [0.717, 1.165) is 22.5 Å². The van der Waals surface area contributed by atoms with Crippen LogP contribution in [0.1, 0.15) is 33.6 Å². The first-order valence-corrected chi connectivity index (χ1v) is 11.6. The van der Waals surface area contributed by atoms with E-state index in [-0.39, 0.29) is 0 Å². The molecule has 0 radical (unpaired) electrons. The zero-order valence-electron chi connectivity index (χ0n) is 18.9. The molecule has 0 amide bonds. The Labute approximate surface area is 201 Å². The molecular weight excluding hydrogens is 456 g/mol. The molecule has 0 aliphatic carbocycles. The molecule has 0 saturated carbocycles. The molecule has 3 rings (SSSR count). The Morgan fingerprint density at radius 2 is 1.30 bits per heavy atom. The van der Waals surface area contributed by atoms with E-state index < -0.39 is 0 Å². The van der Waals surface area contributed by atoms with Crippen LogP contribution in [0.3, 0.4) is 0 Å². The Balaban J connectivity index is 2.03. The van der Waals surface area contributed by atoms with Crippen LogP contribution in [0, 0.1) is 50.4 Å². The summed E-state index contributed by atoms with van der Waals surface area (Å²) in [5, 5.41) is 24.1. The summed E-state index contributed by atoms with van der Waals surface area (Å²) in [6.07, 6.45) is 0. The monoisotopic (exact) mass is 478 g/mol. The lowest BCUT2D eigenvalue weighted by atomic mass is 10.1. The van der Waals surface area contributed by atoms with Crippen molar-refractivity contribution in [3.8, 4) is 12.1 Å². The lowest BCUT2D eigenvalue weighted by molar-refractivity contribution is 0.210. The zero-order valence-corrected chi connectivity index (χ0v) is 20.6. The predicted octanol–water partition coefficient (Wildman–Crippen LogP) is 4.00. The van der Waals surface area contributed by atoms with Crippen LogP contribution in [-0.2, 0) is 4.74 Å². The van der Waals surface area contributed by atoms with Gasteiger partial charge in [0, 0.05) is 25.0 Å². The molecule has 3 aromatic rings. The summed E-state index contributed by atoms with van der Waals surface area (Å²) in [6.45, 7) is 8.48. The number of nitrogens with zero attached hydrogens (tertiary/aromatic N) is 7. The number of pyridine rings is 2. The van der Waals surface area contributed by atoms with Crippen LogP contribution >= 0.6 is 23.5 Å². The van der Waals surface area contributed by atoms with Crippen molar-refractivity contribution in [2.45, 2.75) is 48.1 Å². The third kappa shape index (κ3) is 6.17. The summed E-state index contributed by atoms with van der Waals surface area (Å²) in [4.78, 5) is 22.5. The highest BCUT2D eigenvalue weighted by molar-refractivity contribution is 7.99. The van der Waals surface area contributed by atoms with E-state index >= 15 is 0 Å². The van der Waals surface area contributed by atoms with Crippen molar-refractivity contribution in [1.29, 1.82) is 10.5 Å².